The molecular weight excluding hydrogens is 286 g/mol. The van der Waals surface area contributed by atoms with E-state index in [-0.39, 0.29) is 17.0 Å². The highest BCUT2D eigenvalue weighted by molar-refractivity contribution is 6.08. The number of carbonyl (C=O) groups excluding carboxylic acids is 1. The second kappa shape index (κ2) is 5.69. The van der Waals surface area contributed by atoms with Crippen LogP contribution in [0.2, 0.25) is 0 Å². The van der Waals surface area contributed by atoms with Crippen molar-refractivity contribution in [1.82, 2.24) is 10.3 Å². The van der Waals surface area contributed by atoms with Crippen molar-refractivity contribution in [1.29, 1.82) is 5.26 Å². The lowest BCUT2D eigenvalue weighted by molar-refractivity contribution is 0.104. The summed E-state index contributed by atoms with van der Waals surface area (Å²) in [4.78, 5) is 16.4. The number of benzene rings is 1. The number of nitriles is 1. The summed E-state index contributed by atoms with van der Waals surface area (Å²) >= 11 is 0. The second-order valence-electron chi connectivity index (χ2n) is 6.31. The Morgan fingerprint density at radius 1 is 1.35 bits per heavy atom. The number of nitrogens with zero attached hydrogens (tertiary/aromatic N) is 2. The molecule has 2 heterocycles. The summed E-state index contributed by atoms with van der Waals surface area (Å²) in [6.07, 6.45) is 4.00. The van der Waals surface area contributed by atoms with Crippen molar-refractivity contribution in [2.75, 3.05) is 0 Å². The highest BCUT2D eigenvalue weighted by Gasteiger charge is 2.27. The number of allylic oxidation sites excluding steroid dienone is 1. The predicted molar refractivity (Wildman–Crippen MR) is 88.6 cm³/mol. The molecule has 0 bridgehead atoms. The highest BCUT2D eigenvalue weighted by atomic mass is 16.1. The summed E-state index contributed by atoms with van der Waals surface area (Å²) in [6, 6.07) is 13.2. The zero-order chi connectivity index (χ0) is 16.4. The maximum atomic E-state index is 12.5. The van der Waals surface area contributed by atoms with Crippen LogP contribution in [0.15, 0.2) is 48.7 Å². The van der Waals surface area contributed by atoms with Gasteiger partial charge in [0.15, 0.2) is 5.78 Å². The van der Waals surface area contributed by atoms with Gasteiger partial charge in [0.2, 0.25) is 0 Å². The first kappa shape index (κ1) is 15.0. The zero-order valence-electron chi connectivity index (χ0n) is 13.1. The highest BCUT2D eigenvalue weighted by Crippen LogP contribution is 2.29. The molecule has 0 saturated carbocycles. The Morgan fingerprint density at radius 3 is 2.91 bits per heavy atom. The van der Waals surface area contributed by atoms with Gasteiger partial charge in [0, 0.05) is 34.6 Å². The van der Waals surface area contributed by atoms with Crippen LogP contribution in [0.4, 0.5) is 0 Å². The van der Waals surface area contributed by atoms with Gasteiger partial charge in [0.1, 0.15) is 11.8 Å². The average molecular weight is 303 g/mol. The molecular formula is C19H17N3O. The molecule has 4 heteroatoms. The Labute approximate surface area is 135 Å². The van der Waals surface area contributed by atoms with Gasteiger partial charge in [-0.05, 0) is 38.0 Å². The van der Waals surface area contributed by atoms with Crippen LogP contribution in [0.25, 0.3) is 5.70 Å². The predicted octanol–water partition coefficient (Wildman–Crippen LogP) is 3.10. The van der Waals surface area contributed by atoms with Gasteiger partial charge >= 0.3 is 0 Å². The van der Waals surface area contributed by atoms with Crippen LogP contribution < -0.4 is 5.32 Å². The van der Waals surface area contributed by atoms with E-state index in [2.05, 4.69) is 30.2 Å². The lowest BCUT2D eigenvalue weighted by Gasteiger charge is -2.35. The second-order valence-corrected chi connectivity index (χ2v) is 6.31. The van der Waals surface area contributed by atoms with Gasteiger partial charge in [-0.2, -0.15) is 5.26 Å². The molecule has 2 aromatic rings. The molecule has 0 saturated heterocycles. The van der Waals surface area contributed by atoms with Gasteiger partial charge in [-0.1, -0.05) is 24.3 Å². The first-order chi connectivity index (χ1) is 11.0. The number of pyridine rings is 1. The van der Waals surface area contributed by atoms with Gasteiger partial charge in [-0.15, -0.1) is 0 Å². The van der Waals surface area contributed by atoms with Crippen LogP contribution in [0.5, 0.6) is 0 Å². The lowest BCUT2D eigenvalue weighted by Crippen LogP contribution is -2.43. The van der Waals surface area contributed by atoms with Crippen molar-refractivity contribution in [3.63, 3.8) is 0 Å². The van der Waals surface area contributed by atoms with E-state index >= 15 is 0 Å². The summed E-state index contributed by atoms with van der Waals surface area (Å²) in [5.41, 5.74) is 3.68. The van der Waals surface area contributed by atoms with Crippen molar-refractivity contribution in [2.24, 2.45) is 0 Å². The van der Waals surface area contributed by atoms with Gasteiger partial charge < -0.3 is 5.32 Å². The van der Waals surface area contributed by atoms with E-state index < -0.39 is 0 Å². The largest absolute Gasteiger partial charge is 0.379 e. The first-order valence-corrected chi connectivity index (χ1v) is 7.47. The van der Waals surface area contributed by atoms with E-state index in [9.17, 15) is 4.79 Å². The number of ketones is 1. The first-order valence-electron chi connectivity index (χ1n) is 7.47. The van der Waals surface area contributed by atoms with Gasteiger partial charge in [0.25, 0.3) is 0 Å². The molecule has 0 amide bonds. The summed E-state index contributed by atoms with van der Waals surface area (Å²) in [6.45, 7) is 4.23. The number of aromatic nitrogens is 1. The van der Waals surface area contributed by atoms with E-state index in [0.717, 1.165) is 17.7 Å². The number of fused-ring (bicyclic) bond motifs is 1. The lowest BCUT2D eigenvalue weighted by atomic mass is 9.85. The van der Waals surface area contributed by atoms with Crippen molar-refractivity contribution in [3.8, 4) is 6.07 Å². The molecule has 1 aliphatic rings. The molecule has 0 aliphatic carbocycles. The molecule has 114 valence electrons. The molecule has 4 nitrogen and oxygen atoms in total. The summed E-state index contributed by atoms with van der Waals surface area (Å²) in [5, 5.41) is 12.4. The Morgan fingerprint density at radius 2 is 2.13 bits per heavy atom. The number of hydrogen-bond acceptors (Lipinski definition) is 4. The molecule has 0 unspecified atom stereocenters. The Bertz CT molecular complexity index is 844. The maximum Gasteiger partial charge on any atom is 0.188 e. The molecule has 3 rings (SSSR count). The van der Waals surface area contributed by atoms with E-state index in [1.807, 2.05) is 24.3 Å². The van der Waals surface area contributed by atoms with Crippen LogP contribution in [0.3, 0.4) is 0 Å². The van der Waals surface area contributed by atoms with Crippen molar-refractivity contribution >= 4 is 11.5 Å². The summed E-state index contributed by atoms with van der Waals surface area (Å²) in [7, 11) is 0. The van der Waals surface area contributed by atoms with Crippen LogP contribution in [-0.4, -0.2) is 16.3 Å². The molecule has 0 radical (unpaired) electrons. The van der Waals surface area contributed by atoms with Gasteiger partial charge in [-0.3, -0.25) is 4.79 Å². The molecule has 23 heavy (non-hydrogen) atoms. The van der Waals surface area contributed by atoms with Gasteiger partial charge in [0.05, 0.1) is 0 Å². The van der Waals surface area contributed by atoms with Crippen molar-refractivity contribution in [3.05, 3.63) is 71.1 Å². The normalized spacial score (nSPS) is 17.0. The van der Waals surface area contributed by atoms with Crippen LogP contribution in [0, 0.1) is 11.3 Å². The fourth-order valence-corrected chi connectivity index (χ4v) is 2.86. The van der Waals surface area contributed by atoms with Crippen LogP contribution in [-0.2, 0) is 6.42 Å². The summed E-state index contributed by atoms with van der Waals surface area (Å²) in [5.74, 6) is -0.140. The number of carbonyl (C=O) groups is 1. The average Bonchev–Trinajstić information content (AvgIpc) is 2.53. The number of rotatable bonds is 2. The monoisotopic (exact) mass is 303 g/mol. The van der Waals surface area contributed by atoms with E-state index in [4.69, 9.17) is 5.26 Å². The van der Waals surface area contributed by atoms with E-state index in [1.54, 1.807) is 12.1 Å². The van der Waals surface area contributed by atoms with E-state index in [1.165, 1.54) is 17.8 Å². The Balaban J connectivity index is 2.01. The Hall–Kier alpha value is -2.93. The topological polar surface area (TPSA) is 65.8 Å². The minimum absolute atomic E-state index is 0.115. The molecule has 1 N–H and O–H groups in total. The smallest absolute Gasteiger partial charge is 0.188 e. The minimum atomic E-state index is -0.140. The third-order valence-electron chi connectivity index (χ3n) is 3.85. The number of nitrogens with one attached hydrogen (secondary N) is 1. The fourth-order valence-electron chi connectivity index (χ4n) is 2.86. The fraction of sp³-hybridized carbons (Fsp3) is 0.211. The quantitative estimate of drug-likeness (QED) is 0.684. The molecule has 0 atom stereocenters. The SMILES string of the molecule is CC1(C)Cc2ccccc2/C(=C\C(=O)c2ccnc(C#N)c2)N1. The van der Waals surface area contributed by atoms with Crippen LogP contribution in [0.1, 0.15) is 41.0 Å². The molecule has 1 aliphatic heterocycles. The summed E-state index contributed by atoms with van der Waals surface area (Å²) < 4.78 is 0. The minimum Gasteiger partial charge on any atom is -0.379 e. The third kappa shape index (κ3) is 3.14. The molecule has 0 spiro atoms. The van der Waals surface area contributed by atoms with Gasteiger partial charge in [-0.25, -0.2) is 4.98 Å². The maximum absolute atomic E-state index is 12.5. The molecule has 1 aromatic heterocycles. The number of hydrogen-bond donors (Lipinski definition) is 1. The van der Waals surface area contributed by atoms with Crippen molar-refractivity contribution < 1.29 is 4.79 Å². The Kier molecular flexibility index (Phi) is 3.71. The standard InChI is InChI=1S/C19H17N3O/c1-19(2)11-14-5-3-4-6-16(14)17(22-19)10-18(23)13-7-8-21-15(9-13)12-20/h3-10,22H,11H2,1-2H3/b17-10+. The molecule has 0 fully saturated rings. The van der Waals surface area contributed by atoms with E-state index in [0.29, 0.717) is 5.56 Å². The van der Waals surface area contributed by atoms with Crippen molar-refractivity contribution in [2.45, 2.75) is 25.8 Å². The zero-order valence-corrected chi connectivity index (χ0v) is 13.1. The van der Waals surface area contributed by atoms with Crippen LogP contribution >= 0.6 is 0 Å². The molecule has 1 aromatic carbocycles. The third-order valence-corrected chi connectivity index (χ3v) is 3.85.